The van der Waals surface area contributed by atoms with Gasteiger partial charge in [-0.05, 0) is 25.2 Å². The van der Waals surface area contributed by atoms with Crippen LogP contribution in [0.2, 0.25) is 0 Å². The van der Waals surface area contributed by atoms with Crippen molar-refractivity contribution in [1.82, 2.24) is 10.2 Å². The average molecular weight is 242 g/mol. The summed E-state index contributed by atoms with van der Waals surface area (Å²) < 4.78 is 0. The Kier molecular flexibility index (Phi) is 4.01. The average Bonchev–Trinajstić information content (AvgIpc) is 2.41. The Morgan fingerprint density at radius 1 is 1.22 bits per heavy atom. The van der Waals surface area contributed by atoms with E-state index in [1.165, 1.54) is 0 Å². The van der Waals surface area contributed by atoms with Gasteiger partial charge in [-0.2, -0.15) is 0 Å². The summed E-state index contributed by atoms with van der Waals surface area (Å²) in [6.07, 6.45) is 0. The summed E-state index contributed by atoms with van der Waals surface area (Å²) >= 11 is 0. The highest BCUT2D eigenvalue weighted by Crippen LogP contribution is 2.13. The molecule has 3 nitrogen and oxygen atoms in total. The van der Waals surface area contributed by atoms with Crippen LogP contribution in [-0.4, -0.2) is 36.0 Å². The minimum Gasteiger partial charge on any atom is -0.339 e. The number of carbonyl (C=O) groups is 1. The Morgan fingerprint density at radius 3 is 2.44 bits per heavy atom. The molecular formula is C15H18N2O. The van der Waals surface area contributed by atoms with Gasteiger partial charge in [-0.15, -0.1) is 0 Å². The molecule has 1 heterocycles. The van der Waals surface area contributed by atoms with E-state index in [9.17, 15) is 4.79 Å². The van der Waals surface area contributed by atoms with Crippen LogP contribution in [-0.2, 0) is 4.79 Å². The van der Waals surface area contributed by atoms with Crippen molar-refractivity contribution in [3.05, 3.63) is 35.9 Å². The summed E-state index contributed by atoms with van der Waals surface area (Å²) in [4.78, 5) is 13.7. The van der Waals surface area contributed by atoms with Gasteiger partial charge in [0, 0.05) is 5.56 Å². The van der Waals surface area contributed by atoms with Gasteiger partial charge in [-0.25, -0.2) is 0 Å². The van der Waals surface area contributed by atoms with Crippen molar-refractivity contribution in [3.63, 3.8) is 0 Å². The molecule has 0 radical (unpaired) electrons. The lowest BCUT2D eigenvalue weighted by atomic mass is 9.97. The molecule has 2 unspecified atom stereocenters. The monoisotopic (exact) mass is 242 g/mol. The van der Waals surface area contributed by atoms with E-state index in [1.54, 1.807) is 0 Å². The summed E-state index contributed by atoms with van der Waals surface area (Å²) in [5.41, 5.74) is 0.983. The van der Waals surface area contributed by atoms with Gasteiger partial charge >= 0.3 is 0 Å². The molecule has 2 rings (SSSR count). The van der Waals surface area contributed by atoms with Gasteiger partial charge in [0.25, 0.3) is 0 Å². The van der Waals surface area contributed by atoms with Crippen LogP contribution in [0.3, 0.4) is 0 Å². The highest BCUT2D eigenvalue weighted by atomic mass is 16.2. The molecule has 1 saturated heterocycles. The van der Waals surface area contributed by atoms with Gasteiger partial charge in [0.15, 0.2) is 0 Å². The standard InChI is InChI=1S/C15H18N2O/c1-3-17(4-2)14-13(16-15(14)18)11-10-12-8-6-5-7-9-12/h5-9,13-14H,3-4H2,1-2H3,(H,16,18). The van der Waals surface area contributed by atoms with Crippen LogP contribution in [0.5, 0.6) is 0 Å². The number of hydrogen-bond acceptors (Lipinski definition) is 2. The van der Waals surface area contributed by atoms with E-state index in [4.69, 9.17) is 0 Å². The Hall–Kier alpha value is -1.79. The van der Waals surface area contributed by atoms with E-state index in [0.717, 1.165) is 18.7 Å². The number of nitrogens with zero attached hydrogens (tertiary/aromatic N) is 1. The first kappa shape index (κ1) is 12.7. The van der Waals surface area contributed by atoms with E-state index < -0.39 is 0 Å². The molecular weight excluding hydrogens is 224 g/mol. The predicted octanol–water partition coefficient (Wildman–Crippen LogP) is 1.25. The first-order valence-corrected chi connectivity index (χ1v) is 6.37. The highest BCUT2D eigenvalue weighted by molar-refractivity contribution is 5.90. The molecule has 2 atom stereocenters. The number of β-lactam (4-membered cyclic amide) rings is 1. The lowest BCUT2D eigenvalue weighted by Crippen LogP contribution is -2.68. The first-order chi connectivity index (χ1) is 8.76. The zero-order valence-corrected chi connectivity index (χ0v) is 10.8. The quantitative estimate of drug-likeness (QED) is 0.639. The maximum Gasteiger partial charge on any atom is 0.241 e. The Balaban J connectivity index is 2.07. The second-order valence-corrected chi connectivity index (χ2v) is 4.29. The number of amides is 1. The fraction of sp³-hybridized carbons (Fsp3) is 0.400. The normalized spacial score (nSPS) is 21.8. The molecule has 1 aliphatic heterocycles. The fourth-order valence-corrected chi connectivity index (χ4v) is 2.16. The lowest BCUT2D eigenvalue weighted by molar-refractivity contribution is -0.135. The van der Waals surface area contributed by atoms with Gasteiger partial charge in [0.1, 0.15) is 12.1 Å². The Labute approximate surface area is 108 Å². The van der Waals surface area contributed by atoms with E-state index in [-0.39, 0.29) is 18.0 Å². The third-order valence-electron chi connectivity index (χ3n) is 3.23. The predicted molar refractivity (Wildman–Crippen MR) is 72.0 cm³/mol. The molecule has 1 aromatic rings. The molecule has 0 saturated carbocycles. The number of nitrogens with one attached hydrogen (secondary N) is 1. The van der Waals surface area contributed by atoms with Crippen LogP contribution in [0.15, 0.2) is 30.3 Å². The molecule has 1 fully saturated rings. The van der Waals surface area contributed by atoms with Crippen molar-refractivity contribution in [2.75, 3.05) is 13.1 Å². The summed E-state index contributed by atoms with van der Waals surface area (Å²) in [6, 6.07) is 9.71. The topological polar surface area (TPSA) is 32.3 Å². The smallest absolute Gasteiger partial charge is 0.241 e. The number of likely N-dealkylation sites (N-methyl/N-ethyl adjacent to an activating group) is 1. The van der Waals surface area contributed by atoms with Gasteiger partial charge in [0.05, 0.1) is 0 Å². The van der Waals surface area contributed by atoms with Crippen molar-refractivity contribution < 1.29 is 4.79 Å². The summed E-state index contributed by atoms with van der Waals surface area (Å²) in [7, 11) is 0. The van der Waals surface area contributed by atoms with Crippen LogP contribution in [0.1, 0.15) is 19.4 Å². The molecule has 3 heteroatoms. The van der Waals surface area contributed by atoms with Gasteiger partial charge in [-0.3, -0.25) is 9.69 Å². The minimum absolute atomic E-state index is 0.0439. The first-order valence-electron chi connectivity index (χ1n) is 6.37. The van der Waals surface area contributed by atoms with Crippen molar-refractivity contribution >= 4 is 5.91 Å². The molecule has 1 N–H and O–H groups in total. The molecule has 0 aliphatic carbocycles. The van der Waals surface area contributed by atoms with E-state index in [1.807, 2.05) is 30.3 Å². The number of rotatable bonds is 3. The number of benzene rings is 1. The Morgan fingerprint density at radius 2 is 1.89 bits per heavy atom. The minimum atomic E-state index is -0.0868. The van der Waals surface area contributed by atoms with Crippen LogP contribution in [0.4, 0.5) is 0 Å². The van der Waals surface area contributed by atoms with Crippen molar-refractivity contribution in [1.29, 1.82) is 0 Å². The maximum absolute atomic E-state index is 11.6. The fourth-order valence-electron chi connectivity index (χ4n) is 2.16. The summed E-state index contributed by atoms with van der Waals surface area (Å²) in [6.45, 7) is 5.88. The molecule has 1 amide bonds. The van der Waals surface area contributed by atoms with Crippen LogP contribution in [0.25, 0.3) is 0 Å². The zero-order valence-electron chi connectivity index (χ0n) is 10.8. The van der Waals surface area contributed by atoms with Gasteiger partial charge in [0.2, 0.25) is 5.91 Å². The number of carbonyl (C=O) groups excluding carboxylic acids is 1. The molecule has 1 aromatic carbocycles. The van der Waals surface area contributed by atoms with E-state index in [0.29, 0.717) is 0 Å². The molecule has 1 aliphatic rings. The lowest BCUT2D eigenvalue weighted by Gasteiger charge is -2.40. The largest absolute Gasteiger partial charge is 0.339 e. The van der Waals surface area contributed by atoms with Gasteiger partial charge in [-0.1, -0.05) is 43.9 Å². The second-order valence-electron chi connectivity index (χ2n) is 4.29. The molecule has 0 aromatic heterocycles. The van der Waals surface area contributed by atoms with Crippen molar-refractivity contribution in [3.8, 4) is 11.8 Å². The van der Waals surface area contributed by atoms with Crippen LogP contribution < -0.4 is 5.32 Å². The third-order valence-corrected chi connectivity index (χ3v) is 3.23. The second kappa shape index (κ2) is 5.70. The van der Waals surface area contributed by atoms with Crippen molar-refractivity contribution in [2.24, 2.45) is 0 Å². The molecule has 18 heavy (non-hydrogen) atoms. The zero-order chi connectivity index (χ0) is 13.0. The summed E-state index contributed by atoms with van der Waals surface area (Å²) in [5, 5.41) is 2.86. The van der Waals surface area contributed by atoms with Crippen LogP contribution in [0, 0.1) is 11.8 Å². The SMILES string of the molecule is CCN(CC)C1C(=O)NC1C#Cc1ccccc1. The van der Waals surface area contributed by atoms with E-state index in [2.05, 4.69) is 35.9 Å². The van der Waals surface area contributed by atoms with Crippen LogP contribution >= 0.6 is 0 Å². The molecule has 94 valence electrons. The van der Waals surface area contributed by atoms with Gasteiger partial charge < -0.3 is 5.32 Å². The number of hydrogen-bond donors (Lipinski definition) is 1. The molecule has 0 spiro atoms. The third kappa shape index (κ3) is 2.55. The summed E-state index contributed by atoms with van der Waals surface area (Å²) in [5.74, 6) is 6.34. The highest BCUT2D eigenvalue weighted by Gasteiger charge is 2.41. The van der Waals surface area contributed by atoms with Crippen molar-refractivity contribution in [2.45, 2.75) is 25.9 Å². The van der Waals surface area contributed by atoms with E-state index >= 15 is 0 Å². The molecule has 0 bridgehead atoms. The maximum atomic E-state index is 11.6. The Bertz CT molecular complexity index is 468.